The summed E-state index contributed by atoms with van der Waals surface area (Å²) >= 11 is 0. The number of amides is 1. The fourth-order valence-corrected chi connectivity index (χ4v) is 2.54. The molecule has 170 valence electrons. The molecule has 0 atom stereocenters. The van der Waals surface area contributed by atoms with E-state index in [2.05, 4.69) is 9.47 Å². The highest BCUT2D eigenvalue weighted by atomic mass is 19.4. The second-order valence-electron chi connectivity index (χ2n) is 6.68. The van der Waals surface area contributed by atoms with Crippen molar-refractivity contribution in [3.05, 3.63) is 54.6 Å². The number of unbranched alkanes of at least 4 members (excludes halogenated alkanes) is 1. The van der Waals surface area contributed by atoms with Gasteiger partial charge in [0.2, 0.25) is 5.91 Å². The van der Waals surface area contributed by atoms with Crippen LogP contribution < -0.4 is 4.74 Å². The molecule has 0 bridgehead atoms. The average Bonchev–Trinajstić information content (AvgIpc) is 3.12. The number of nitrogens with zero attached hydrogens (tertiary/aromatic N) is 1. The van der Waals surface area contributed by atoms with Gasteiger partial charge in [-0.1, -0.05) is 55.8 Å². The molecular weight excluding hydrogens is 411 g/mol. The van der Waals surface area contributed by atoms with Crippen LogP contribution in [0.25, 0.3) is 11.1 Å². The molecule has 0 aromatic heterocycles. The van der Waals surface area contributed by atoms with Crippen molar-refractivity contribution in [3.8, 4) is 16.9 Å². The molecule has 1 heterocycles. The lowest BCUT2D eigenvalue weighted by Gasteiger charge is -2.09. The minimum Gasteiger partial charge on any atom is -0.468 e. The van der Waals surface area contributed by atoms with Crippen molar-refractivity contribution in [1.82, 2.24) is 4.90 Å². The molecule has 3 rings (SSSR count). The number of rotatable bonds is 6. The maximum atomic E-state index is 11.9. The molecule has 0 N–H and O–H groups in total. The van der Waals surface area contributed by atoms with E-state index in [-0.39, 0.29) is 5.75 Å². The van der Waals surface area contributed by atoms with Crippen molar-refractivity contribution in [2.24, 2.45) is 0 Å². The van der Waals surface area contributed by atoms with Crippen LogP contribution in [0.1, 0.15) is 32.6 Å². The molecule has 5 nitrogen and oxygen atoms in total. The lowest BCUT2D eigenvalue weighted by atomic mass is 10.1. The zero-order valence-corrected chi connectivity index (χ0v) is 17.7. The second kappa shape index (κ2) is 14.1. The fraction of sp³-hybridized carbons (Fsp3) is 0.391. The minimum atomic E-state index is -4.64. The molecule has 1 saturated heterocycles. The number of hydrogen-bond acceptors (Lipinski definition) is 4. The number of likely N-dealkylation sites (tertiary alicyclic amines) is 1. The smallest absolute Gasteiger partial charge is 0.468 e. The van der Waals surface area contributed by atoms with Crippen LogP contribution in [0.2, 0.25) is 0 Å². The highest BCUT2D eigenvalue weighted by molar-refractivity contribution is 5.77. The van der Waals surface area contributed by atoms with Gasteiger partial charge in [0.25, 0.3) is 6.47 Å². The Morgan fingerprint density at radius 2 is 1.65 bits per heavy atom. The molecule has 0 unspecified atom stereocenters. The van der Waals surface area contributed by atoms with Crippen LogP contribution in [0.5, 0.6) is 5.75 Å². The molecule has 2 aromatic rings. The maximum Gasteiger partial charge on any atom is 0.573 e. The van der Waals surface area contributed by atoms with Gasteiger partial charge in [0.15, 0.2) is 0 Å². The van der Waals surface area contributed by atoms with Crippen molar-refractivity contribution in [3.63, 3.8) is 0 Å². The Morgan fingerprint density at radius 3 is 2.06 bits per heavy atom. The Morgan fingerprint density at radius 1 is 1.03 bits per heavy atom. The number of carbonyl (C=O) groups is 2. The van der Waals surface area contributed by atoms with Crippen LogP contribution in [0.3, 0.4) is 0 Å². The van der Waals surface area contributed by atoms with Gasteiger partial charge in [-0.25, -0.2) is 0 Å². The molecule has 1 amide bonds. The summed E-state index contributed by atoms with van der Waals surface area (Å²) in [5, 5.41) is 0. The van der Waals surface area contributed by atoms with Gasteiger partial charge in [-0.15, -0.1) is 13.2 Å². The van der Waals surface area contributed by atoms with E-state index in [0.29, 0.717) is 19.0 Å². The molecule has 1 fully saturated rings. The van der Waals surface area contributed by atoms with Crippen molar-refractivity contribution in [1.29, 1.82) is 0 Å². The fourth-order valence-electron chi connectivity index (χ4n) is 2.54. The average molecular weight is 439 g/mol. The number of halogens is 3. The SMILES string of the molecule is CCCCOC=O.CN1CCCC1=O.FC(F)(F)Oc1ccc(-c2ccccc2)cc1. The van der Waals surface area contributed by atoms with Crippen LogP contribution >= 0.6 is 0 Å². The highest BCUT2D eigenvalue weighted by Gasteiger charge is 2.30. The summed E-state index contributed by atoms with van der Waals surface area (Å²) in [5.41, 5.74) is 1.80. The van der Waals surface area contributed by atoms with Crippen LogP contribution in [0.15, 0.2) is 54.6 Å². The molecule has 2 aromatic carbocycles. The largest absolute Gasteiger partial charge is 0.573 e. The zero-order chi connectivity index (χ0) is 23.1. The first-order chi connectivity index (χ1) is 14.8. The standard InChI is InChI=1S/C13H9F3O.C5H9NO.C5H10O2/c14-13(15,16)17-12-8-6-11(7-9-12)10-4-2-1-3-5-10;1-6-4-2-3-5(6)7;1-2-3-4-7-5-6/h1-9H;2-4H2,1H3;5H,2-4H2,1H3. The van der Waals surface area contributed by atoms with Crippen LogP contribution in [-0.2, 0) is 14.3 Å². The molecule has 0 radical (unpaired) electrons. The number of alkyl halides is 3. The van der Waals surface area contributed by atoms with Gasteiger partial charge in [-0.2, -0.15) is 0 Å². The first kappa shape index (κ1) is 26.0. The summed E-state index contributed by atoms with van der Waals surface area (Å²) in [5.74, 6) is 0.0807. The third-order valence-corrected chi connectivity index (χ3v) is 4.19. The van der Waals surface area contributed by atoms with Gasteiger partial charge in [0.1, 0.15) is 5.75 Å². The Bertz CT molecular complexity index is 765. The van der Waals surface area contributed by atoms with E-state index in [0.717, 1.165) is 43.4 Å². The quantitative estimate of drug-likeness (QED) is 0.444. The van der Waals surface area contributed by atoms with E-state index in [1.165, 1.54) is 12.1 Å². The van der Waals surface area contributed by atoms with E-state index < -0.39 is 6.36 Å². The van der Waals surface area contributed by atoms with E-state index in [1.54, 1.807) is 17.0 Å². The minimum absolute atomic E-state index is 0.211. The van der Waals surface area contributed by atoms with Gasteiger partial charge in [0.05, 0.1) is 6.61 Å². The lowest BCUT2D eigenvalue weighted by Crippen LogP contribution is -2.17. The summed E-state index contributed by atoms with van der Waals surface area (Å²) in [4.78, 5) is 21.7. The van der Waals surface area contributed by atoms with Gasteiger partial charge in [-0.05, 0) is 36.1 Å². The van der Waals surface area contributed by atoms with Crippen molar-refractivity contribution >= 4 is 12.4 Å². The van der Waals surface area contributed by atoms with E-state index >= 15 is 0 Å². The molecule has 8 heteroatoms. The van der Waals surface area contributed by atoms with Crippen molar-refractivity contribution in [2.45, 2.75) is 39.0 Å². The van der Waals surface area contributed by atoms with Crippen molar-refractivity contribution in [2.75, 3.05) is 20.2 Å². The third kappa shape index (κ3) is 11.7. The van der Waals surface area contributed by atoms with Gasteiger partial charge < -0.3 is 14.4 Å². The molecule has 1 aliphatic heterocycles. The predicted octanol–water partition coefficient (Wildman–Crippen LogP) is 5.45. The Hall–Kier alpha value is -3.03. The summed E-state index contributed by atoms with van der Waals surface area (Å²) in [7, 11) is 1.84. The monoisotopic (exact) mass is 439 g/mol. The number of hydrogen-bond donors (Lipinski definition) is 0. The van der Waals surface area contributed by atoms with Gasteiger partial charge in [0, 0.05) is 20.0 Å². The van der Waals surface area contributed by atoms with Gasteiger partial charge in [-0.3, -0.25) is 9.59 Å². The lowest BCUT2D eigenvalue weighted by molar-refractivity contribution is -0.274. The first-order valence-electron chi connectivity index (χ1n) is 9.97. The van der Waals surface area contributed by atoms with E-state index in [4.69, 9.17) is 0 Å². The van der Waals surface area contributed by atoms with E-state index in [9.17, 15) is 22.8 Å². The molecule has 0 spiro atoms. The summed E-state index contributed by atoms with van der Waals surface area (Å²) in [6.07, 6.45) is -0.785. The molecule has 0 aliphatic carbocycles. The molecule has 1 aliphatic rings. The maximum absolute atomic E-state index is 11.9. The van der Waals surface area contributed by atoms with Crippen LogP contribution in [-0.4, -0.2) is 43.8 Å². The molecular formula is C23H28F3NO4. The summed E-state index contributed by atoms with van der Waals surface area (Å²) in [6, 6.07) is 15.2. The predicted molar refractivity (Wildman–Crippen MR) is 112 cm³/mol. The summed E-state index contributed by atoms with van der Waals surface area (Å²) < 4.78 is 44.0. The third-order valence-electron chi connectivity index (χ3n) is 4.19. The Kier molecular flexibility index (Phi) is 11.8. The number of benzene rings is 2. The Labute approximate surface area is 180 Å². The van der Waals surface area contributed by atoms with Crippen LogP contribution in [0, 0.1) is 0 Å². The van der Waals surface area contributed by atoms with Crippen LogP contribution in [0.4, 0.5) is 13.2 Å². The summed E-state index contributed by atoms with van der Waals surface area (Å²) in [6.45, 7) is 4.06. The van der Waals surface area contributed by atoms with Crippen molar-refractivity contribution < 1.29 is 32.2 Å². The molecule has 0 saturated carbocycles. The number of ether oxygens (including phenoxy) is 2. The second-order valence-corrected chi connectivity index (χ2v) is 6.68. The molecule has 31 heavy (non-hydrogen) atoms. The topological polar surface area (TPSA) is 55.8 Å². The number of carbonyl (C=O) groups excluding carboxylic acids is 2. The van der Waals surface area contributed by atoms with Gasteiger partial charge >= 0.3 is 6.36 Å². The normalized spacial score (nSPS) is 12.8. The van der Waals surface area contributed by atoms with E-state index in [1.807, 2.05) is 44.3 Å². The Balaban J connectivity index is 0.000000283. The zero-order valence-electron chi connectivity index (χ0n) is 17.7. The first-order valence-corrected chi connectivity index (χ1v) is 9.97. The highest BCUT2D eigenvalue weighted by Crippen LogP contribution is 2.26.